The monoisotopic (exact) mass is 308 g/mol. The van der Waals surface area contributed by atoms with Crippen LogP contribution in [-0.2, 0) is 6.54 Å². The molecule has 0 spiro atoms. The molecule has 2 rings (SSSR count). The first-order valence-corrected chi connectivity index (χ1v) is 7.73. The molecule has 0 radical (unpaired) electrons. The van der Waals surface area contributed by atoms with Crippen molar-refractivity contribution in [1.82, 2.24) is 10.6 Å². The molecular formula is C15H20N2O3S. The van der Waals surface area contributed by atoms with Crippen molar-refractivity contribution in [1.29, 1.82) is 0 Å². The number of thiophene rings is 1. The van der Waals surface area contributed by atoms with Crippen LogP contribution in [0.4, 0.5) is 4.79 Å². The molecule has 2 aromatic heterocycles. The molecule has 6 heteroatoms. The fourth-order valence-electron chi connectivity index (χ4n) is 2.10. The van der Waals surface area contributed by atoms with Gasteiger partial charge >= 0.3 is 6.03 Å². The van der Waals surface area contributed by atoms with Gasteiger partial charge in [-0.05, 0) is 37.8 Å². The van der Waals surface area contributed by atoms with E-state index >= 15 is 0 Å². The minimum absolute atomic E-state index is 0.226. The number of nitrogens with one attached hydrogen (secondary N) is 2. The SMILES string of the molecule is Cc1cc([C@@H](O)CCNC(=O)NCc2cccs2)c(C)o1. The van der Waals surface area contributed by atoms with Crippen LogP contribution in [0.3, 0.4) is 0 Å². The van der Waals surface area contributed by atoms with Crippen LogP contribution < -0.4 is 10.6 Å². The number of rotatable bonds is 6. The van der Waals surface area contributed by atoms with E-state index in [1.54, 1.807) is 11.3 Å². The highest BCUT2D eigenvalue weighted by atomic mass is 32.1. The Hall–Kier alpha value is -1.79. The van der Waals surface area contributed by atoms with Crippen LogP contribution in [0.25, 0.3) is 0 Å². The number of amides is 2. The van der Waals surface area contributed by atoms with Gasteiger partial charge in [-0.3, -0.25) is 0 Å². The zero-order chi connectivity index (χ0) is 15.2. The third kappa shape index (κ3) is 4.61. The van der Waals surface area contributed by atoms with E-state index in [9.17, 15) is 9.90 Å². The normalized spacial score (nSPS) is 12.1. The number of urea groups is 1. The average molecular weight is 308 g/mol. The second kappa shape index (κ2) is 7.28. The summed E-state index contributed by atoms with van der Waals surface area (Å²) in [4.78, 5) is 12.7. The average Bonchev–Trinajstić information content (AvgIpc) is 3.05. The molecule has 0 fully saturated rings. The lowest BCUT2D eigenvalue weighted by Crippen LogP contribution is -2.35. The largest absolute Gasteiger partial charge is 0.466 e. The summed E-state index contributed by atoms with van der Waals surface area (Å²) >= 11 is 1.60. The summed E-state index contributed by atoms with van der Waals surface area (Å²) in [5.74, 6) is 1.50. The predicted octanol–water partition coefficient (Wildman–Crippen LogP) is 2.88. The maximum absolute atomic E-state index is 11.6. The Labute approximate surface area is 128 Å². The van der Waals surface area contributed by atoms with Crippen molar-refractivity contribution in [2.45, 2.75) is 32.9 Å². The first kappa shape index (κ1) is 15.6. The zero-order valence-corrected chi connectivity index (χ0v) is 13.0. The topological polar surface area (TPSA) is 74.5 Å². The molecule has 21 heavy (non-hydrogen) atoms. The summed E-state index contributed by atoms with van der Waals surface area (Å²) in [5.41, 5.74) is 0.785. The lowest BCUT2D eigenvalue weighted by atomic mass is 10.1. The third-order valence-electron chi connectivity index (χ3n) is 3.14. The maximum Gasteiger partial charge on any atom is 0.315 e. The van der Waals surface area contributed by atoms with Crippen molar-refractivity contribution in [3.63, 3.8) is 0 Å². The van der Waals surface area contributed by atoms with E-state index in [0.717, 1.165) is 22.0 Å². The molecule has 0 aliphatic carbocycles. The van der Waals surface area contributed by atoms with E-state index < -0.39 is 6.10 Å². The van der Waals surface area contributed by atoms with Crippen LogP contribution in [-0.4, -0.2) is 17.7 Å². The highest BCUT2D eigenvalue weighted by Crippen LogP contribution is 2.23. The molecule has 1 atom stereocenters. The number of carbonyl (C=O) groups excluding carboxylic acids is 1. The molecule has 0 aliphatic heterocycles. The summed E-state index contributed by atoms with van der Waals surface area (Å²) in [6.45, 7) is 4.60. The van der Waals surface area contributed by atoms with Gasteiger partial charge in [-0.25, -0.2) is 4.79 Å². The highest BCUT2D eigenvalue weighted by molar-refractivity contribution is 7.09. The summed E-state index contributed by atoms with van der Waals surface area (Å²) in [6.07, 6.45) is -0.174. The smallest absolute Gasteiger partial charge is 0.315 e. The van der Waals surface area contributed by atoms with Gasteiger partial charge in [0.25, 0.3) is 0 Å². The van der Waals surface area contributed by atoms with E-state index in [1.807, 2.05) is 37.4 Å². The van der Waals surface area contributed by atoms with Gasteiger partial charge in [0.15, 0.2) is 0 Å². The Morgan fingerprint density at radius 1 is 1.43 bits per heavy atom. The highest BCUT2D eigenvalue weighted by Gasteiger charge is 2.14. The fourth-order valence-corrected chi connectivity index (χ4v) is 2.75. The zero-order valence-electron chi connectivity index (χ0n) is 12.2. The number of aliphatic hydroxyl groups excluding tert-OH is 1. The van der Waals surface area contributed by atoms with Gasteiger partial charge in [0.2, 0.25) is 0 Å². The van der Waals surface area contributed by atoms with Crippen LogP contribution in [0.5, 0.6) is 0 Å². The number of aliphatic hydroxyl groups is 1. The molecule has 114 valence electrons. The molecule has 0 unspecified atom stereocenters. The van der Waals surface area contributed by atoms with Crippen LogP contribution in [0.15, 0.2) is 28.0 Å². The van der Waals surface area contributed by atoms with Gasteiger partial charge < -0.3 is 20.2 Å². The van der Waals surface area contributed by atoms with E-state index in [4.69, 9.17) is 4.42 Å². The molecule has 5 nitrogen and oxygen atoms in total. The van der Waals surface area contributed by atoms with Crippen molar-refractivity contribution in [3.8, 4) is 0 Å². The number of carbonyl (C=O) groups is 1. The Morgan fingerprint density at radius 3 is 2.86 bits per heavy atom. The van der Waals surface area contributed by atoms with E-state index in [1.165, 1.54) is 0 Å². The maximum atomic E-state index is 11.6. The van der Waals surface area contributed by atoms with Crippen molar-refractivity contribution >= 4 is 17.4 Å². The Kier molecular flexibility index (Phi) is 5.41. The molecule has 2 amide bonds. The van der Waals surface area contributed by atoms with Gasteiger partial charge in [0, 0.05) is 17.0 Å². The number of furan rings is 1. The molecule has 0 aromatic carbocycles. The van der Waals surface area contributed by atoms with Gasteiger partial charge in [-0.2, -0.15) is 0 Å². The van der Waals surface area contributed by atoms with Crippen molar-refractivity contribution in [3.05, 3.63) is 45.5 Å². The summed E-state index contributed by atoms with van der Waals surface area (Å²) in [5, 5.41) is 17.6. The lowest BCUT2D eigenvalue weighted by Gasteiger charge is -2.11. The minimum atomic E-state index is -0.625. The van der Waals surface area contributed by atoms with E-state index in [-0.39, 0.29) is 6.03 Å². The molecule has 0 saturated carbocycles. The Bertz CT molecular complexity index is 578. The second-order valence-electron chi connectivity index (χ2n) is 4.86. The summed E-state index contributed by atoms with van der Waals surface area (Å²) < 4.78 is 5.38. The molecule has 2 heterocycles. The van der Waals surface area contributed by atoms with Crippen molar-refractivity contribution in [2.75, 3.05) is 6.54 Å². The second-order valence-corrected chi connectivity index (χ2v) is 5.89. The van der Waals surface area contributed by atoms with Gasteiger partial charge in [-0.15, -0.1) is 11.3 Å². The quantitative estimate of drug-likeness (QED) is 0.768. The van der Waals surface area contributed by atoms with Crippen LogP contribution >= 0.6 is 11.3 Å². The van der Waals surface area contributed by atoms with Crippen LogP contribution in [0.1, 0.15) is 34.5 Å². The molecule has 2 aromatic rings. The first-order chi connectivity index (χ1) is 10.1. The molecule has 0 aliphatic rings. The number of hydrogen-bond acceptors (Lipinski definition) is 4. The summed E-state index contributed by atoms with van der Waals surface area (Å²) in [6, 6.07) is 5.52. The van der Waals surface area contributed by atoms with Crippen LogP contribution in [0, 0.1) is 13.8 Å². The van der Waals surface area contributed by atoms with Crippen LogP contribution in [0.2, 0.25) is 0 Å². The lowest BCUT2D eigenvalue weighted by molar-refractivity contribution is 0.165. The van der Waals surface area contributed by atoms with Crippen molar-refractivity contribution in [2.24, 2.45) is 0 Å². The molecule has 3 N–H and O–H groups in total. The Morgan fingerprint density at radius 2 is 2.24 bits per heavy atom. The Balaban J connectivity index is 1.68. The van der Waals surface area contributed by atoms with Gasteiger partial charge in [0.1, 0.15) is 11.5 Å². The minimum Gasteiger partial charge on any atom is -0.466 e. The first-order valence-electron chi connectivity index (χ1n) is 6.85. The molecule has 0 saturated heterocycles. The third-order valence-corrected chi connectivity index (χ3v) is 4.02. The molecular weight excluding hydrogens is 288 g/mol. The standard InChI is InChI=1S/C15H20N2O3S/c1-10-8-13(11(2)20-10)14(18)5-6-16-15(19)17-9-12-4-3-7-21-12/h3-4,7-8,14,18H,5-6,9H2,1-2H3,(H2,16,17,19)/t14-/m0/s1. The fraction of sp³-hybridized carbons (Fsp3) is 0.400. The van der Waals surface area contributed by atoms with E-state index in [0.29, 0.717) is 19.5 Å². The molecule has 0 bridgehead atoms. The number of aryl methyl sites for hydroxylation is 2. The predicted molar refractivity (Wildman–Crippen MR) is 82.3 cm³/mol. The summed E-state index contributed by atoms with van der Waals surface area (Å²) in [7, 11) is 0. The van der Waals surface area contributed by atoms with Gasteiger partial charge in [-0.1, -0.05) is 6.07 Å². The van der Waals surface area contributed by atoms with Crippen molar-refractivity contribution < 1.29 is 14.3 Å². The van der Waals surface area contributed by atoms with E-state index in [2.05, 4.69) is 10.6 Å². The number of hydrogen-bond donors (Lipinski definition) is 3. The van der Waals surface area contributed by atoms with Gasteiger partial charge in [0.05, 0.1) is 12.6 Å².